The average molecular weight is 425 g/mol. The molecule has 1 saturated heterocycles. The van der Waals surface area contributed by atoms with E-state index in [-0.39, 0.29) is 29.3 Å². The fraction of sp³-hybridized carbons (Fsp3) is 0.611. The summed E-state index contributed by atoms with van der Waals surface area (Å²) in [6, 6.07) is 1.90. The Morgan fingerprint density at radius 3 is 2.86 bits per heavy atom. The number of carbonyl (C=O) groups is 1. The molecule has 0 aromatic carbocycles. The van der Waals surface area contributed by atoms with Crippen LogP contribution in [0.3, 0.4) is 0 Å². The number of thiophene rings is 1. The lowest BCUT2D eigenvalue weighted by molar-refractivity contribution is -0.126. The number of amides is 1. The molecule has 3 heterocycles. The topological polar surface area (TPSA) is 105 Å². The fourth-order valence-electron chi connectivity index (χ4n) is 3.39. The summed E-state index contributed by atoms with van der Waals surface area (Å²) < 4.78 is 33.1. The first kappa shape index (κ1) is 19.5. The van der Waals surface area contributed by atoms with E-state index in [4.69, 9.17) is 4.52 Å². The summed E-state index contributed by atoms with van der Waals surface area (Å²) in [7, 11) is -3.68. The van der Waals surface area contributed by atoms with Crippen molar-refractivity contribution in [3.8, 4) is 10.7 Å². The van der Waals surface area contributed by atoms with E-state index in [1.54, 1.807) is 13.0 Å². The molecule has 0 bridgehead atoms. The van der Waals surface area contributed by atoms with Crippen LogP contribution in [0, 0.1) is 12.8 Å². The van der Waals surface area contributed by atoms with E-state index >= 15 is 0 Å². The molecule has 152 valence electrons. The van der Waals surface area contributed by atoms with Crippen LogP contribution in [0.4, 0.5) is 0 Å². The molecule has 8 nitrogen and oxygen atoms in total. The Morgan fingerprint density at radius 2 is 2.18 bits per heavy atom. The Morgan fingerprint density at radius 1 is 1.39 bits per heavy atom. The lowest BCUT2D eigenvalue weighted by Crippen LogP contribution is -2.45. The van der Waals surface area contributed by atoms with Crippen molar-refractivity contribution in [1.29, 1.82) is 0 Å². The summed E-state index contributed by atoms with van der Waals surface area (Å²) in [6.45, 7) is 4.36. The van der Waals surface area contributed by atoms with Crippen molar-refractivity contribution < 1.29 is 17.7 Å². The lowest BCUT2D eigenvalue weighted by atomic mass is 9.99. The van der Waals surface area contributed by atoms with Crippen LogP contribution in [0.2, 0.25) is 0 Å². The Hall–Kier alpha value is -1.78. The zero-order valence-corrected chi connectivity index (χ0v) is 17.6. The Bertz CT molecular complexity index is 978. The molecule has 4 rings (SSSR count). The van der Waals surface area contributed by atoms with Gasteiger partial charge in [0.1, 0.15) is 0 Å². The van der Waals surface area contributed by atoms with Crippen molar-refractivity contribution in [1.82, 2.24) is 19.8 Å². The Kier molecular flexibility index (Phi) is 5.28. The molecular weight excluding hydrogens is 400 g/mol. The van der Waals surface area contributed by atoms with E-state index in [1.807, 2.05) is 6.92 Å². The second kappa shape index (κ2) is 7.57. The number of carbonyl (C=O) groups excluding carboxylic acids is 1. The van der Waals surface area contributed by atoms with Gasteiger partial charge in [0.25, 0.3) is 0 Å². The maximum absolute atomic E-state index is 13.3. The second-order valence-electron chi connectivity index (χ2n) is 7.38. The third-order valence-corrected chi connectivity index (χ3v) is 8.33. The third kappa shape index (κ3) is 3.85. The van der Waals surface area contributed by atoms with Gasteiger partial charge in [0, 0.05) is 30.4 Å². The molecule has 2 aliphatic rings. The monoisotopic (exact) mass is 424 g/mol. The van der Waals surface area contributed by atoms with E-state index in [9.17, 15) is 13.2 Å². The smallest absolute Gasteiger partial charge is 0.244 e. The van der Waals surface area contributed by atoms with Crippen molar-refractivity contribution in [3.63, 3.8) is 0 Å². The minimum Gasteiger partial charge on any atom is -0.353 e. The molecule has 1 N–H and O–H groups in total. The molecule has 2 aromatic heterocycles. The van der Waals surface area contributed by atoms with E-state index in [2.05, 4.69) is 15.5 Å². The quantitative estimate of drug-likeness (QED) is 0.763. The SMILES string of the molecule is CCc1nc(-c2cc(S(=O)(=O)N3CCC[C@H](C(=O)NC4CC4)C3)c(C)s2)no1. The van der Waals surface area contributed by atoms with Crippen LogP contribution in [0.1, 0.15) is 43.4 Å². The highest BCUT2D eigenvalue weighted by atomic mass is 32.2. The van der Waals surface area contributed by atoms with Gasteiger partial charge < -0.3 is 9.84 Å². The van der Waals surface area contributed by atoms with Crippen LogP contribution in [0.25, 0.3) is 10.7 Å². The minimum atomic E-state index is -3.68. The highest BCUT2D eigenvalue weighted by molar-refractivity contribution is 7.89. The molecule has 0 unspecified atom stereocenters. The summed E-state index contributed by atoms with van der Waals surface area (Å²) in [6.07, 6.45) is 4.07. The Balaban J connectivity index is 1.54. The first-order chi connectivity index (χ1) is 13.4. The van der Waals surface area contributed by atoms with Crippen molar-refractivity contribution >= 4 is 27.3 Å². The van der Waals surface area contributed by atoms with Crippen LogP contribution in [0.5, 0.6) is 0 Å². The zero-order chi connectivity index (χ0) is 19.9. The van der Waals surface area contributed by atoms with Gasteiger partial charge in [0.2, 0.25) is 27.6 Å². The average Bonchev–Trinajstić information content (AvgIpc) is 3.21. The minimum absolute atomic E-state index is 0.0241. The van der Waals surface area contributed by atoms with Crippen molar-refractivity contribution in [2.24, 2.45) is 5.92 Å². The molecule has 2 fully saturated rings. The number of rotatable bonds is 6. The van der Waals surface area contributed by atoms with Crippen LogP contribution < -0.4 is 5.32 Å². The van der Waals surface area contributed by atoms with Gasteiger partial charge in [-0.25, -0.2) is 8.42 Å². The molecule has 1 amide bonds. The molecule has 1 saturated carbocycles. The van der Waals surface area contributed by atoms with Gasteiger partial charge >= 0.3 is 0 Å². The van der Waals surface area contributed by atoms with Crippen LogP contribution >= 0.6 is 11.3 Å². The number of hydrogen-bond donors (Lipinski definition) is 1. The number of nitrogens with one attached hydrogen (secondary N) is 1. The molecule has 1 aliphatic carbocycles. The van der Waals surface area contributed by atoms with Gasteiger partial charge in [0.15, 0.2) is 0 Å². The van der Waals surface area contributed by atoms with Gasteiger partial charge in [0.05, 0.1) is 15.7 Å². The molecule has 1 aliphatic heterocycles. The first-order valence-electron chi connectivity index (χ1n) is 9.62. The highest BCUT2D eigenvalue weighted by Gasteiger charge is 2.36. The van der Waals surface area contributed by atoms with Crippen LogP contribution in [-0.4, -0.2) is 47.9 Å². The highest BCUT2D eigenvalue weighted by Crippen LogP contribution is 2.35. The van der Waals surface area contributed by atoms with Crippen molar-refractivity contribution in [2.45, 2.75) is 56.9 Å². The maximum atomic E-state index is 13.3. The van der Waals surface area contributed by atoms with Gasteiger partial charge in [-0.3, -0.25) is 4.79 Å². The standard InChI is InChI=1S/C18H24N4O4S2/c1-3-16-20-17(21-26-16)14-9-15(11(2)27-14)28(24,25)22-8-4-5-12(10-22)18(23)19-13-6-7-13/h9,12-13H,3-8,10H2,1-2H3,(H,19,23)/t12-/m0/s1. The molecule has 10 heteroatoms. The zero-order valence-electron chi connectivity index (χ0n) is 16.0. The molecule has 1 atom stereocenters. The fourth-order valence-corrected chi connectivity index (χ4v) is 6.40. The predicted molar refractivity (Wildman–Crippen MR) is 104 cm³/mol. The predicted octanol–water partition coefficient (Wildman–Crippen LogP) is 2.35. The van der Waals surface area contributed by atoms with Crippen molar-refractivity contribution in [2.75, 3.05) is 13.1 Å². The number of aromatic nitrogens is 2. The van der Waals surface area contributed by atoms with Gasteiger partial charge in [-0.1, -0.05) is 12.1 Å². The van der Waals surface area contributed by atoms with E-state index in [1.165, 1.54) is 15.6 Å². The summed E-state index contributed by atoms with van der Waals surface area (Å²) in [4.78, 5) is 18.3. The van der Waals surface area contributed by atoms with E-state index in [0.29, 0.717) is 40.9 Å². The molecular formula is C18H24N4O4S2. The van der Waals surface area contributed by atoms with Crippen LogP contribution in [-0.2, 0) is 21.2 Å². The van der Waals surface area contributed by atoms with Gasteiger partial charge in [-0.05, 0) is 38.7 Å². The number of piperidine rings is 1. The molecule has 0 spiro atoms. The van der Waals surface area contributed by atoms with Gasteiger partial charge in [-0.2, -0.15) is 9.29 Å². The molecule has 0 radical (unpaired) electrons. The summed E-state index contributed by atoms with van der Waals surface area (Å²) >= 11 is 1.34. The summed E-state index contributed by atoms with van der Waals surface area (Å²) in [5.41, 5.74) is 0. The number of aryl methyl sites for hydroxylation is 2. The second-order valence-corrected chi connectivity index (χ2v) is 10.5. The molecule has 2 aromatic rings. The normalized spacial score (nSPS) is 21.0. The van der Waals surface area contributed by atoms with E-state index < -0.39 is 10.0 Å². The van der Waals surface area contributed by atoms with Gasteiger partial charge in [-0.15, -0.1) is 11.3 Å². The number of nitrogens with zero attached hydrogens (tertiary/aromatic N) is 3. The number of sulfonamides is 1. The lowest BCUT2D eigenvalue weighted by Gasteiger charge is -2.31. The summed E-state index contributed by atoms with van der Waals surface area (Å²) in [5, 5.41) is 6.93. The summed E-state index contributed by atoms with van der Waals surface area (Å²) in [5.74, 6) is 0.619. The molecule has 28 heavy (non-hydrogen) atoms. The van der Waals surface area contributed by atoms with Crippen molar-refractivity contribution in [3.05, 3.63) is 16.8 Å². The Labute approximate surface area is 168 Å². The van der Waals surface area contributed by atoms with Crippen LogP contribution in [0.15, 0.2) is 15.5 Å². The third-order valence-electron chi connectivity index (χ3n) is 5.16. The van der Waals surface area contributed by atoms with E-state index in [0.717, 1.165) is 19.3 Å². The largest absolute Gasteiger partial charge is 0.353 e. The first-order valence-corrected chi connectivity index (χ1v) is 11.9. The maximum Gasteiger partial charge on any atom is 0.244 e. The number of hydrogen-bond acceptors (Lipinski definition) is 7.